The van der Waals surface area contributed by atoms with Crippen molar-refractivity contribution in [3.05, 3.63) is 35.4 Å². The van der Waals surface area contributed by atoms with Crippen molar-refractivity contribution < 1.29 is 4.74 Å². The molecule has 0 radical (unpaired) electrons. The molecule has 1 saturated heterocycles. The zero-order valence-electron chi connectivity index (χ0n) is 10.3. The molecule has 2 heteroatoms. The molecule has 17 heavy (non-hydrogen) atoms. The second-order valence-corrected chi connectivity index (χ2v) is 5.34. The summed E-state index contributed by atoms with van der Waals surface area (Å²) in [4.78, 5) is 0. The van der Waals surface area contributed by atoms with Gasteiger partial charge in [0.2, 0.25) is 0 Å². The summed E-state index contributed by atoms with van der Waals surface area (Å²) in [5.41, 5.74) is 3.08. The van der Waals surface area contributed by atoms with Gasteiger partial charge in [-0.1, -0.05) is 24.3 Å². The molecule has 1 aliphatic carbocycles. The molecule has 2 nitrogen and oxygen atoms in total. The normalized spacial score (nSPS) is 21.6. The number of fused-ring (bicyclic) bond motifs is 1. The van der Waals surface area contributed by atoms with Gasteiger partial charge in [-0.2, -0.15) is 0 Å². The van der Waals surface area contributed by atoms with Crippen LogP contribution in [0, 0.1) is 5.92 Å². The van der Waals surface area contributed by atoms with E-state index in [2.05, 4.69) is 29.6 Å². The molecular weight excluding hydrogens is 210 g/mol. The molecule has 3 rings (SSSR count). The molecule has 0 spiro atoms. The molecule has 0 saturated carbocycles. The van der Waals surface area contributed by atoms with Gasteiger partial charge in [-0.05, 0) is 49.3 Å². The maximum Gasteiger partial charge on any atom is 0.0469 e. The summed E-state index contributed by atoms with van der Waals surface area (Å²) in [7, 11) is 0. The molecule has 92 valence electrons. The number of nitrogens with one attached hydrogen (secondary N) is 1. The van der Waals surface area contributed by atoms with Crippen molar-refractivity contribution in [2.24, 2.45) is 5.92 Å². The quantitative estimate of drug-likeness (QED) is 0.861. The topological polar surface area (TPSA) is 21.3 Å². The molecule has 0 bridgehead atoms. The van der Waals surface area contributed by atoms with E-state index in [0.717, 1.165) is 19.1 Å². The van der Waals surface area contributed by atoms with E-state index in [4.69, 9.17) is 4.74 Å². The first-order chi connectivity index (χ1) is 8.42. The smallest absolute Gasteiger partial charge is 0.0469 e. The third-order valence-corrected chi connectivity index (χ3v) is 4.09. The van der Waals surface area contributed by atoms with Crippen LogP contribution in [-0.2, 0) is 17.6 Å². The summed E-state index contributed by atoms with van der Waals surface area (Å²) < 4.78 is 5.39. The van der Waals surface area contributed by atoms with Crippen molar-refractivity contribution in [1.82, 2.24) is 5.32 Å². The Labute approximate surface area is 103 Å². The van der Waals surface area contributed by atoms with E-state index in [-0.39, 0.29) is 0 Å². The van der Waals surface area contributed by atoms with Crippen LogP contribution in [0.1, 0.15) is 24.0 Å². The average Bonchev–Trinajstić information content (AvgIpc) is 2.80. The van der Waals surface area contributed by atoms with Crippen molar-refractivity contribution in [2.45, 2.75) is 31.7 Å². The minimum Gasteiger partial charge on any atom is -0.381 e. The number of rotatable bonds is 3. The molecular formula is C15H21NO. The molecule has 0 amide bonds. The van der Waals surface area contributed by atoms with Crippen LogP contribution in [0.2, 0.25) is 0 Å². The fraction of sp³-hybridized carbons (Fsp3) is 0.600. The van der Waals surface area contributed by atoms with E-state index >= 15 is 0 Å². The van der Waals surface area contributed by atoms with E-state index < -0.39 is 0 Å². The van der Waals surface area contributed by atoms with Gasteiger partial charge in [0, 0.05) is 19.3 Å². The summed E-state index contributed by atoms with van der Waals surface area (Å²) in [5.74, 6) is 0.826. The Bertz CT molecular complexity index is 346. The fourth-order valence-corrected chi connectivity index (χ4v) is 2.99. The van der Waals surface area contributed by atoms with Crippen LogP contribution in [0.4, 0.5) is 0 Å². The molecule has 1 fully saturated rings. The molecule has 0 unspecified atom stereocenters. The fourth-order valence-electron chi connectivity index (χ4n) is 2.99. The first kappa shape index (κ1) is 11.2. The first-order valence-electron chi connectivity index (χ1n) is 6.80. The lowest BCUT2D eigenvalue weighted by Gasteiger charge is -2.24. The Morgan fingerprint density at radius 3 is 2.35 bits per heavy atom. The highest BCUT2D eigenvalue weighted by atomic mass is 16.5. The zero-order valence-corrected chi connectivity index (χ0v) is 10.3. The molecule has 1 aliphatic heterocycles. The van der Waals surface area contributed by atoms with Gasteiger partial charge < -0.3 is 10.1 Å². The van der Waals surface area contributed by atoms with Crippen molar-refractivity contribution in [3.8, 4) is 0 Å². The molecule has 1 heterocycles. The number of ether oxygens (including phenoxy) is 1. The number of benzene rings is 1. The summed E-state index contributed by atoms with van der Waals surface area (Å²) in [6, 6.07) is 9.51. The van der Waals surface area contributed by atoms with E-state index in [1.165, 1.54) is 43.4 Å². The second kappa shape index (κ2) is 5.19. The van der Waals surface area contributed by atoms with E-state index in [9.17, 15) is 0 Å². The lowest BCUT2D eigenvalue weighted by molar-refractivity contribution is 0.0655. The standard InChI is InChI=1S/C15H21NO/c1-2-4-14-10-15(9-13(14)3-1)16-11-12-5-7-17-8-6-12/h1-4,12,15-16H,5-11H2. The minimum atomic E-state index is 0.662. The van der Waals surface area contributed by atoms with Gasteiger partial charge in [-0.3, -0.25) is 0 Å². The van der Waals surface area contributed by atoms with Gasteiger partial charge in [-0.25, -0.2) is 0 Å². The molecule has 1 N–H and O–H groups in total. The molecule has 2 aliphatic rings. The summed E-state index contributed by atoms with van der Waals surface area (Å²) in [5, 5.41) is 3.74. The molecule has 0 atom stereocenters. The van der Waals surface area contributed by atoms with E-state index in [1.54, 1.807) is 0 Å². The van der Waals surface area contributed by atoms with Gasteiger partial charge in [-0.15, -0.1) is 0 Å². The summed E-state index contributed by atoms with van der Waals surface area (Å²) in [6.45, 7) is 3.08. The van der Waals surface area contributed by atoms with Crippen LogP contribution in [0.3, 0.4) is 0 Å². The predicted molar refractivity (Wildman–Crippen MR) is 69.2 cm³/mol. The lowest BCUT2D eigenvalue weighted by atomic mass is 10.00. The maximum atomic E-state index is 5.39. The second-order valence-electron chi connectivity index (χ2n) is 5.34. The Balaban J connectivity index is 1.48. The lowest BCUT2D eigenvalue weighted by Crippen LogP contribution is -2.35. The Morgan fingerprint density at radius 2 is 1.71 bits per heavy atom. The first-order valence-corrected chi connectivity index (χ1v) is 6.80. The highest BCUT2D eigenvalue weighted by Crippen LogP contribution is 2.22. The predicted octanol–water partition coefficient (Wildman–Crippen LogP) is 2.17. The summed E-state index contributed by atoms with van der Waals surface area (Å²) in [6.07, 6.45) is 4.87. The van der Waals surface area contributed by atoms with Crippen LogP contribution in [0.15, 0.2) is 24.3 Å². The largest absolute Gasteiger partial charge is 0.381 e. The SMILES string of the molecule is c1ccc2c(c1)CC(NCC1CCOCC1)C2. The highest BCUT2D eigenvalue weighted by molar-refractivity contribution is 5.33. The maximum absolute atomic E-state index is 5.39. The third kappa shape index (κ3) is 2.70. The Kier molecular flexibility index (Phi) is 3.44. The van der Waals surface area contributed by atoms with Crippen LogP contribution in [-0.4, -0.2) is 25.8 Å². The van der Waals surface area contributed by atoms with Crippen molar-refractivity contribution in [2.75, 3.05) is 19.8 Å². The van der Waals surface area contributed by atoms with Crippen molar-refractivity contribution in [1.29, 1.82) is 0 Å². The van der Waals surface area contributed by atoms with Gasteiger partial charge >= 0.3 is 0 Å². The van der Waals surface area contributed by atoms with Crippen LogP contribution >= 0.6 is 0 Å². The Morgan fingerprint density at radius 1 is 1.06 bits per heavy atom. The molecule has 1 aromatic carbocycles. The molecule has 0 aromatic heterocycles. The average molecular weight is 231 g/mol. The zero-order chi connectivity index (χ0) is 11.5. The highest BCUT2D eigenvalue weighted by Gasteiger charge is 2.22. The summed E-state index contributed by atoms with van der Waals surface area (Å²) >= 11 is 0. The van der Waals surface area contributed by atoms with Gasteiger partial charge in [0.05, 0.1) is 0 Å². The number of hydrogen-bond acceptors (Lipinski definition) is 2. The number of hydrogen-bond donors (Lipinski definition) is 1. The van der Waals surface area contributed by atoms with E-state index in [1.807, 2.05) is 0 Å². The van der Waals surface area contributed by atoms with Crippen molar-refractivity contribution >= 4 is 0 Å². The molecule has 1 aromatic rings. The van der Waals surface area contributed by atoms with Gasteiger partial charge in [0.15, 0.2) is 0 Å². The van der Waals surface area contributed by atoms with Gasteiger partial charge in [0.25, 0.3) is 0 Å². The van der Waals surface area contributed by atoms with Crippen LogP contribution < -0.4 is 5.32 Å². The van der Waals surface area contributed by atoms with Gasteiger partial charge in [0.1, 0.15) is 0 Å². The third-order valence-electron chi connectivity index (χ3n) is 4.09. The van der Waals surface area contributed by atoms with E-state index in [0.29, 0.717) is 6.04 Å². The monoisotopic (exact) mass is 231 g/mol. The van der Waals surface area contributed by atoms with Crippen LogP contribution in [0.25, 0.3) is 0 Å². The minimum absolute atomic E-state index is 0.662. The Hall–Kier alpha value is -0.860. The van der Waals surface area contributed by atoms with Crippen LogP contribution in [0.5, 0.6) is 0 Å². The van der Waals surface area contributed by atoms with Crippen molar-refractivity contribution in [3.63, 3.8) is 0 Å².